The quantitative estimate of drug-likeness (QED) is 0.832. The molecule has 0 fully saturated rings. The highest BCUT2D eigenvalue weighted by Gasteiger charge is 2.16. The van der Waals surface area contributed by atoms with Gasteiger partial charge in [0, 0.05) is 23.1 Å². The van der Waals surface area contributed by atoms with Crippen LogP contribution in [0.3, 0.4) is 0 Å². The first-order chi connectivity index (χ1) is 7.03. The molecule has 0 saturated heterocycles. The van der Waals surface area contributed by atoms with E-state index >= 15 is 0 Å². The van der Waals surface area contributed by atoms with E-state index in [-0.39, 0.29) is 5.41 Å². The molecule has 0 aliphatic heterocycles. The molecule has 15 heavy (non-hydrogen) atoms. The summed E-state index contributed by atoms with van der Waals surface area (Å²) in [6, 6.07) is 3.94. The van der Waals surface area contributed by atoms with E-state index in [0.717, 1.165) is 23.3 Å². The molecule has 1 rings (SSSR count). The molecule has 2 nitrogen and oxygen atoms in total. The fourth-order valence-corrected chi connectivity index (χ4v) is 1.90. The Bertz CT molecular complexity index is 298. The Morgan fingerprint density at radius 2 is 2.20 bits per heavy atom. The van der Waals surface area contributed by atoms with Gasteiger partial charge in [0.15, 0.2) is 0 Å². The van der Waals surface area contributed by atoms with Crippen molar-refractivity contribution in [2.75, 3.05) is 17.7 Å². The van der Waals surface area contributed by atoms with Gasteiger partial charge in [-0.2, -0.15) is 0 Å². The number of nitrogens with one attached hydrogen (secondary N) is 1. The number of aromatic nitrogens is 1. The zero-order valence-electron chi connectivity index (χ0n) is 9.06. The molecule has 0 spiro atoms. The molecule has 84 valence electrons. The minimum Gasteiger partial charge on any atom is -0.370 e. The van der Waals surface area contributed by atoms with Crippen LogP contribution in [0, 0.1) is 5.41 Å². The van der Waals surface area contributed by atoms with Gasteiger partial charge in [0.25, 0.3) is 0 Å². The summed E-state index contributed by atoms with van der Waals surface area (Å²) in [7, 11) is 0. The number of anilines is 1. The summed E-state index contributed by atoms with van der Waals surface area (Å²) in [5.74, 6) is 1.60. The fraction of sp³-hybridized carbons (Fsp3) is 0.545. The molecule has 0 unspecified atom stereocenters. The lowest BCUT2D eigenvalue weighted by Gasteiger charge is -2.24. The maximum absolute atomic E-state index is 5.74. The van der Waals surface area contributed by atoms with Crippen LogP contribution in [0.4, 0.5) is 5.82 Å². The second kappa shape index (κ2) is 5.71. The second-order valence-corrected chi connectivity index (χ2v) is 5.61. The third-order valence-electron chi connectivity index (χ3n) is 2.25. The molecular weight excluding hydrogens is 275 g/mol. The topological polar surface area (TPSA) is 24.9 Å². The van der Waals surface area contributed by atoms with Crippen molar-refractivity contribution in [2.24, 2.45) is 5.41 Å². The van der Waals surface area contributed by atoms with Crippen LogP contribution in [0.25, 0.3) is 0 Å². The lowest BCUT2D eigenvalue weighted by Crippen LogP contribution is -2.23. The number of nitrogens with zero attached hydrogens (tertiary/aromatic N) is 1. The molecule has 1 N–H and O–H groups in total. The summed E-state index contributed by atoms with van der Waals surface area (Å²) in [6.45, 7) is 5.27. The summed E-state index contributed by atoms with van der Waals surface area (Å²) < 4.78 is 0.994. The molecule has 0 atom stereocenters. The Labute approximate surface area is 105 Å². The van der Waals surface area contributed by atoms with E-state index in [0.29, 0.717) is 5.88 Å². The first kappa shape index (κ1) is 12.8. The molecule has 4 heteroatoms. The maximum atomic E-state index is 5.74. The average Bonchev–Trinajstić information content (AvgIpc) is 2.17. The molecule has 0 aliphatic rings. The van der Waals surface area contributed by atoms with Crippen LogP contribution in [0.2, 0.25) is 0 Å². The Kier molecular flexibility index (Phi) is 4.87. The smallest absolute Gasteiger partial charge is 0.125 e. The highest BCUT2D eigenvalue weighted by atomic mass is 79.9. The summed E-state index contributed by atoms with van der Waals surface area (Å²) >= 11 is 9.09. The summed E-state index contributed by atoms with van der Waals surface area (Å²) in [5, 5.41) is 3.31. The van der Waals surface area contributed by atoms with Crippen molar-refractivity contribution >= 4 is 33.3 Å². The number of rotatable bonds is 5. The predicted molar refractivity (Wildman–Crippen MR) is 69.5 cm³/mol. The number of alkyl halides is 1. The Hall–Kier alpha value is -0.280. The van der Waals surface area contributed by atoms with Gasteiger partial charge < -0.3 is 5.32 Å². The monoisotopic (exact) mass is 290 g/mol. The van der Waals surface area contributed by atoms with E-state index in [4.69, 9.17) is 11.6 Å². The maximum Gasteiger partial charge on any atom is 0.125 e. The minimum atomic E-state index is 0.205. The highest BCUT2D eigenvalue weighted by Crippen LogP contribution is 2.21. The van der Waals surface area contributed by atoms with Crippen LogP contribution in [0.5, 0.6) is 0 Å². The van der Waals surface area contributed by atoms with E-state index in [9.17, 15) is 0 Å². The number of pyridine rings is 1. The van der Waals surface area contributed by atoms with Gasteiger partial charge in [0.1, 0.15) is 5.82 Å². The zero-order chi connectivity index (χ0) is 11.3. The first-order valence-electron chi connectivity index (χ1n) is 4.95. The van der Waals surface area contributed by atoms with E-state index in [1.165, 1.54) is 0 Å². The Morgan fingerprint density at radius 1 is 1.47 bits per heavy atom. The van der Waals surface area contributed by atoms with Crippen LogP contribution in [0.1, 0.15) is 20.3 Å². The fourth-order valence-electron chi connectivity index (χ4n) is 1.15. The Balaban J connectivity index is 2.46. The van der Waals surface area contributed by atoms with Crippen LogP contribution in [-0.2, 0) is 0 Å². The van der Waals surface area contributed by atoms with E-state index in [1.54, 1.807) is 6.20 Å². The summed E-state index contributed by atoms with van der Waals surface area (Å²) in [5.41, 5.74) is 0.205. The molecule has 1 aromatic heterocycles. The first-order valence-corrected chi connectivity index (χ1v) is 6.28. The van der Waals surface area contributed by atoms with Gasteiger partial charge in [0.2, 0.25) is 0 Å². The highest BCUT2D eigenvalue weighted by molar-refractivity contribution is 9.10. The standard InChI is InChI=1S/C11H16BrClN2/c1-11(2,5-6-13)8-15-10-4-3-9(12)7-14-10/h3-4,7H,5-6,8H2,1-2H3,(H,14,15). The molecule has 0 amide bonds. The summed E-state index contributed by atoms with van der Waals surface area (Å²) in [4.78, 5) is 4.25. The molecule has 0 aliphatic carbocycles. The van der Waals surface area contributed by atoms with Crippen molar-refractivity contribution in [1.29, 1.82) is 0 Å². The van der Waals surface area contributed by atoms with Gasteiger partial charge in [-0.15, -0.1) is 11.6 Å². The largest absolute Gasteiger partial charge is 0.370 e. The predicted octanol–water partition coefficient (Wildman–Crippen LogP) is 3.91. The van der Waals surface area contributed by atoms with Gasteiger partial charge in [-0.25, -0.2) is 4.98 Å². The van der Waals surface area contributed by atoms with Crippen molar-refractivity contribution in [2.45, 2.75) is 20.3 Å². The normalized spacial score (nSPS) is 11.5. The van der Waals surface area contributed by atoms with Crippen molar-refractivity contribution in [3.63, 3.8) is 0 Å². The number of halogens is 2. The average molecular weight is 292 g/mol. The molecular formula is C11H16BrClN2. The van der Waals surface area contributed by atoms with Crippen LogP contribution < -0.4 is 5.32 Å². The van der Waals surface area contributed by atoms with Gasteiger partial charge in [-0.1, -0.05) is 13.8 Å². The molecule has 1 aromatic rings. The van der Waals surface area contributed by atoms with E-state index < -0.39 is 0 Å². The second-order valence-electron chi connectivity index (χ2n) is 4.32. The van der Waals surface area contributed by atoms with Crippen LogP contribution in [0.15, 0.2) is 22.8 Å². The Morgan fingerprint density at radius 3 is 2.73 bits per heavy atom. The lowest BCUT2D eigenvalue weighted by atomic mass is 9.90. The SMILES string of the molecule is CC(C)(CCCl)CNc1ccc(Br)cn1. The van der Waals surface area contributed by atoms with Gasteiger partial charge in [-0.3, -0.25) is 0 Å². The van der Waals surface area contributed by atoms with Crippen LogP contribution >= 0.6 is 27.5 Å². The van der Waals surface area contributed by atoms with Gasteiger partial charge in [-0.05, 0) is 39.9 Å². The van der Waals surface area contributed by atoms with Crippen molar-refractivity contribution in [1.82, 2.24) is 4.98 Å². The van der Waals surface area contributed by atoms with Gasteiger partial charge >= 0.3 is 0 Å². The lowest BCUT2D eigenvalue weighted by molar-refractivity contribution is 0.379. The molecule has 0 bridgehead atoms. The van der Waals surface area contributed by atoms with Crippen LogP contribution in [-0.4, -0.2) is 17.4 Å². The minimum absolute atomic E-state index is 0.205. The number of hydrogen-bond donors (Lipinski definition) is 1. The molecule has 1 heterocycles. The van der Waals surface area contributed by atoms with Crippen molar-refractivity contribution in [3.8, 4) is 0 Å². The third kappa shape index (κ3) is 4.85. The molecule has 0 aromatic carbocycles. The third-order valence-corrected chi connectivity index (χ3v) is 2.90. The van der Waals surface area contributed by atoms with Crippen molar-refractivity contribution in [3.05, 3.63) is 22.8 Å². The van der Waals surface area contributed by atoms with Gasteiger partial charge in [0.05, 0.1) is 0 Å². The zero-order valence-corrected chi connectivity index (χ0v) is 11.4. The summed E-state index contributed by atoms with van der Waals surface area (Å²) in [6.07, 6.45) is 2.79. The van der Waals surface area contributed by atoms with E-state index in [1.807, 2.05) is 12.1 Å². The molecule has 0 radical (unpaired) electrons. The van der Waals surface area contributed by atoms with E-state index in [2.05, 4.69) is 40.1 Å². The molecule has 0 saturated carbocycles. The van der Waals surface area contributed by atoms with Crippen molar-refractivity contribution < 1.29 is 0 Å². The number of hydrogen-bond acceptors (Lipinski definition) is 2.